The number of pyridine rings is 1. The second-order valence-corrected chi connectivity index (χ2v) is 6.76. The number of thioether (sulfide) groups is 1. The molecule has 4 aromatic rings. The molecule has 0 spiro atoms. The van der Waals surface area contributed by atoms with Gasteiger partial charge in [-0.3, -0.25) is 4.79 Å². The highest BCUT2D eigenvalue weighted by Gasteiger charge is 2.12. The Labute approximate surface area is 155 Å². The van der Waals surface area contributed by atoms with Gasteiger partial charge < -0.3 is 14.1 Å². The molecule has 0 bridgehead atoms. The van der Waals surface area contributed by atoms with Gasteiger partial charge in [-0.05, 0) is 36.4 Å². The van der Waals surface area contributed by atoms with Gasteiger partial charge in [0.2, 0.25) is 0 Å². The second kappa shape index (κ2) is 7.49. The molecule has 4 rings (SSSR count). The Morgan fingerprint density at radius 3 is 2.85 bits per heavy atom. The highest BCUT2D eigenvalue weighted by Crippen LogP contribution is 2.26. The van der Waals surface area contributed by atoms with E-state index in [1.807, 2.05) is 65.3 Å². The van der Waals surface area contributed by atoms with Crippen molar-refractivity contribution < 1.29 is 9.21 Å². The summed E-state index contributed by atoms with van der Waals surface area (Å²) >= 11 is 1.61. The van der Waals surface area contributed by atoms with Crippen LogP contribution in [-0.2, 0) is 12.3 Å². The molecule has 26 heavy (non-hydrogen) atoms. The Bertz CT molecular complexity index is 991. The van der Waals surface area contributed by atoms with E-state index in [-0.39, 0.29) is 5.91 Å². The van der Waals surface area contributed by atoms with Gasteiger partial charge in [0.25, 0.3) is 5.91 Å². The van der Waals surface area contributed by atoms with Crippen molar-refractivity contribution in [3.8, 4) is 0 Å². The minimum Gasteiger partial charge on any atom is -0.467 e. The van der Waals surface area contributed by atoms with Gasteiger partial charge in [-0.25, -0.2) is 4.98 Å². The van der Waals surface area contributed by atoms with Crippen LogP contribution in [0.4, 0.5) is 0 Å². The molecule has 0 radical (unpaired) electrons. The van der Waals surface area contributed by atoms with Crippen molar-refractivity contribution in [3.63, 3.8) is 0 Å². The van der Waals surface area contributed by atoms with E-state index in [2.05, 4.69) is 10.3 Å². The molecule has 0 aliphatic rings. The fourth-order valence-corrected chi connectivity index (χ4v) is 3.60. The van der Waals surface area contributed by atoms with Crippen LogP contribution in [0.15, 0.2) is 82.6 Å². The molecule has 1 N–H and O–H groups in total. The van der Waals surface area contributed by atoms with Crippen LogP contribution in [0.2, 0.25) is 0 Å². The molecular formula is C20H17N3O2S. The number of carbonyl (C=O) groups excluding carboxylic acids is 1. The Morgan fingerprint density at radius 2 is 2.00 bits per heavy atom. The standard InChI is InChI=1S/C20H17N3O2S/c24-20(21-12-16-6-5-11-25-16)17-7-1-2-8-18(17)26-14-15-13-23-10-4-3-9-19(23)22-15/h1-11,13H,12,14H2,(H,21,24). The lowest BCUT2D eigenvalue weighted by molar-refractivity contribution is 0.0945. The van der Waals surface area contributed by atoms with Gasteiger partial charge >= 0.3 is 0 Å². The number of benzene rings is 1. The minimum atomic E-state index is -0.112. The van der Waals surface area contributed by atoms with Crippen molar-refractivity contribution in [2.24, 2.45) is 0 Å². The first-order valence-electron chi connectivity index (χ1n) is 8.24. The largest absolute Gasteiger partial charge is 0.467 e. The van der Waals surface area contributed by atoms with E-state index in [0.717, 1.165) is 22.0 Å². The maximum Gasteiger partial charge on any atom is 0.252 e. The second-order valence-electron chi connectivity index (χ2n) is 5.75. The minimum absolute atomic E-state index is 0.112. The predicted octanol–water partition coefficient (Wildman–Crippen LogP) is 4.15. The number of imidazole rings is 1. The quantitative estimate of drug-likeness (QED) is 0.523. The fourth-order valence-electron chi connectivity index (χ4n) is 2.66. The molecule has 5 nitrogen and oxygen atoms in total. The summed E-state index contributed by atoms with van der Waals surface area (Å²) in [6.07, 6.45) is 5.59. The third-order valence-electron chi connectivity index (χ3n) is 3.92. The van der Waals surface area contributed by atoms with E-state index >= 15 is 0 Å². The Kier molecular flexibility index (Phi) is 4.75. The van der Waals surface area contributed by atoms with Gasteiger partial charge in [0.1, 0.15) is 11.4 Å². The lowest BCUT2D eigenvalue weighted by Gasteiger charge is -2.08. The number of carbonyl (C=O) groups is 1. The average molecular weight is 363 g/mol. The van der Waals surface area contributed by atoms with E-state index in [4.69, 9.17) is 4.42 Å². The molecule has 0 saturated carbocycles. The highest BCUT2D eigenvalue weighted by molar-refractivity contribution is 7.98. The molecule has 1 amide bonds. The van der Waals surface area contributed by atoms with Crippen LogP contribution in [-0.4, -0.2) is 15.3 Å². The molecule has 0 fully saturated rings. The highest BCUT2D eigenvalue weighted by atomic mass is 32.2. The molecule has 3 aromatic heterocycles. The zero-order valence-electron chi connectivity index (χ0n) is 14.0. The SMILES string of the molecule is O=C(NCc1ccco1)c1ccccc1SCc1cn2ccccc2n1. The van der Waals surface area contributed by atoms with Crippen molar-refractivity contribution in [1.29, 1.82) is 0 Å². The lowest BCUT2D eigenvalue weighted by atomic mass is 10.2. The molecule has 0 aliphatic heterocycles. The first-order chi connectivity index (χ1) is 12.8. The van der Waals surface area contributed by atoms with E-state index < -0.39 is 0 Å². The number of nitrogens with zero attached hydrogens (tertiary/aromatic N) is 2. The maximum atomic E-state index is 12.5. The molecule has 0 saturated heterocycles. The molecule has 6 heteroatoms. The number of fused-ring (bicyclic) bond motifs is 1. The van der Waals surface area contributed by atoms with Crippen LogP contribution in [0.1, 0.15) is 21.8 Å². The van der Waals surface area contributed by atoms with Crippen LogP contribution in [0.3, 0.4) is 0 Å². The van der Waals surface area contributed by atoms with Crippen molar-refractivity contribution in [1.82, 2.24) is 14.7 Å². The summed E-state index contributed by atoms with van der Waals surface area (Å²) < 4.78 is 7.25. The van der Waals surface area contributed by atoms with Crippen LogP contribution < -0.4 is 5.32 Å². The summed E-state index contributed by atoms with van der Waals surface area (Å²) in [6.45, 7) is 0.372. The topological polar surface area (TPSA) is 59.5 Å². The first-order valence-corrected chi connectivity index (χ1v) is 9.23. The zero-order chi connectivity index (χ0) is 17.8. The third-order valence-corrected chi connectivity index (χ3v) is 5.03. The van der Waals surface area contributed by atoms with Crippen LogP contribution in [0, 0.1) is 0 Å². The van der Waals surface area contributed by atoms with Crippen molar-refractivity contribution >= 4 is 23.3 Å². The van der Waals surface area contributed by atoms with Crippen molar-refractivity contribution in [3.05, 3.63) is 90.3 Å². The Hall–Kier alpha value is -2.99. The van der Waals surface area contributed by atoms with E-state index in [1.54, 1.807) is 24.1 Å². The normalized spacial score (nSPS) is 10.9. The van der Waals surface area contributed by atoms with Gasteiger partial charge in [0, 0.05) is 23.0 Å². The fraction of sp³-hybridized carbons (Fsp3) is 0.100. The summed E-state index contributed by atoms with van der Waals surface area (Å²) in [7, 11) is 0. The number of furan rings is 1. The van der Waals surface area contributed by atoms with Crippen molar-refractivity contribution in [2.45, 2.75) is 17.2 Å². The lowest BCUT2D eigenvalue weighted by Crippen LogP contribution is -2.23. The summed E-state index contributed by atoms with van der Waals surface area (Å²) in [5.74, 6) is 1.32. The zero-order valence-corrected chi connectivity index (χ0v) is 14.8. The number of hydrogen-bond acceptors (Lipinski definition) is 4. The van der Waals surface area contributed by atoms with E-state index in [9.17, 15) is 4.79 Å². The Morgan fingerprint density at radius 1 is 1.12 bits per heavy atom. The number of nitrogens with one attached hydrogen (secondary N) is 1. The average Bonchev–Trinajstić information content (AvgIpc) is 3.33. The smallest absolute Gasteiger partial charge is 0.252 e. The monoisotopic (exact) mass is 363 g/mol. The van der Waals surface area contributed by atoms with Gasteiger partial charge in [-0.1, -0.05) is 18.2 Å². The molecule has 0 unspecified atom stereocenters. The molecule has 130 valence electrons. The van der Waals surface area contributed by atoms with Gasteiger partial charge in [0.05, 0.1) is 24.1 Å². The van der Waals surface area contributed by atoms with Gasteiger partial charge in [-0.2, -0.15) is 0 Å². The third kappa shape index (κ3) is 3.65. The van der Waals surface area contributed by atoms with Crippen LogP contribution in [0.5, 0.6) is 0 Å². The molecule has 1 aromatic carbocycles. The predicted molar refractivity (Wildman–Crippen MR) is 101 cm³/mol. The number of amides is 1. The van der Waals surface area contributed by atoms with Crippen LogP contribution >= 0.6 is 11.8 Å². The van der Waals surface area contributed by atoms with Gasteiger partial charge in [-0.15, -0.1) is 11.8 Å². The van der Waals surface area contributed by atoms with Gasteiger partial charge in [0.15, 0.2) is 0 Å². The number of rotatable bonds is 6. The molecule has 3 heterocycles. The summed E-state index contributed by atoms with van der Waals surface area (Å²) in [5.41, 5.74) is 2.56. The van der Waals surface area contributed by atoms with Crippen LogP contribution in [0.25, 0.3) is 5.65 Å². The van der Waals surface area contributed by atoms with E-state index in [0.29, 0.717) is 17.9 Å². The summed E-state index contributed by atoms with van der Waals surface area (Å²) in [5, 5.41) is 2.90. The maximum absolute atomic E-state index is 12.5. The molecular weight excluding hydrogens is 346 g/mol. The number of hydrogen-bond donors (Lipinski definition) is 1. The first kappa shape index (κ1) is 16.5. The summed E-state index contributed by atoms with van der Waals surface area (Å²) in [4.78, 5) is 18.1. The van der Waals surface area contributed by atoms with Crippen molar-refractivity contribution in [2.75, 3.05) is 0 Å². The number of aromatic nitrogens is 2. The summed E-state index contributed by atoms with van der Waals surface area (Å²) in [6, 6.07) is 17.2. The molecule has 0 atom stereocenters. The molecule has 0 aliphatic carbocycles. The Balaban J connectivity index is 1.45. The van der Waals surface area contributed by atoms with E-state index in [1.165, 1.54) is 0 Å².